The van der Waals surface area contributed by atoms with Crippen molar-refractivity contribution < 1.29 is 9.53 Å². The van der Waals surface area contributed by atoms with Gasteiger partial charge in [0.25, 0.3) is 5.91 Å². The van der Waals surface area contributed by atoms with Gasteiger partial charge in [0.1, 0.15) is 5.75 Å². The van der Waals surface area contributed by atoms with E-state index in [1.54, 1.807) is 19.0 Å². The van der Waals surface area contributed by atoms with Crippen LogP contribution in [-0.4, -0.2) is 31.0 Å². The maximum atomic E-state index is 11.9. The summed E-state index contributed by atoms with van der Waals surface area (Å²) in [5.41, 5.74) is 0.688. The van der Waals surface area contributed by atoms with Crippen LogP contribution in [0.4, 0.5) is 0 Å². The van der Waals surface area contributed by atoms with Crippen LogP contribution in [0, 0.1) is 0 Å². The van der Waals surface area contributed by atoms with E-state index in [9.17, 15) is 4.79 Å². The molecule has 0 radical (unpaired) electrons. The molecule has 3 nitrogen and oxygen atoms in total. The SMILES string of the molecule is CN(C)C(=O)c1cccc(OC2CCCCC2)c1. The van der Waals surface area contributed by atoms with Gasteiger partial charge in [-0.05, 0) is 43.9 Å². The molecule has 1 fully saturated rings. The van der Waals surface area contributed by atoms with Crippen LogP contribution in [0.3, 0.4) is 0 Å². The van der Waals surface area contributed by atoms with Crippen LogP contribution in [0.1, 0.15) is 42.5 Å². The first-order chi connectivity index (χ1) is 8.66. The standard InChI is InChI=1S/C15H21NO2/c1-16(2)15(17)12-7-6-10-14(11-12)18-13-8-4-3-5-9-13/h6-7,10-11,13H,3-5,8-9H2,1-2H3. The van der Waals surface area contributed by atoms with Crippen molar-refractivity contribution in [2.45, 2.75) is 38.2 Å². The molecule has 0 N–H and O–H groups in total. The Bertz CT molecular complexity index is 409. The highest BCUT2D eigenvalue weighted by atomic mass is 16.5. The molecule has 1 aromatic rings. The summed E-state index contributed by atoms with van der Waals surface area (Å²) in [5.74, 6) is 0.832. The van der Waals surface area contributed by atoms with Gasteiger partial charge in [0.15, 0.2) is 0 Å². The molecule has 0 unspecified atom stereocenters. The van der Waals surface area contributed by atoms with Gasteiger partial charge in [-0.2, -0.15) is 0 Å². The van der Waals surface area contributed by atoms with E-state index in [2.05, 4.69) is 0 Å². The van der Waals surface area contributed by atoms with Crippen molar-refractivity contribution in [1.82, 2.24) is 4.90 Å². The molecule has 0 bridgehead atoms. The van der Waals surface area contributed by atoms with Crippen molar-refractivity contribution in [2.24, 2.45) is 0 Å². The number of hydrogen-bond acceptors (Lipinski definition) is 2. The monoisotopic (exact) mass is 247 g/mol. The van der Waals surface area contributed by atoms with Crippen LogP contribution in [0.15, 0.2) is 24.3 Å². The summed E-state index contributed by atoms with van der Waals surface area (Å²) in [6.45, 7) is 0. The number of rotatable bonds is 3. The van der Waals surface area contributed by atoms with Gasteiger partial charge >= 0.3 is 0 Å². The highest BCUT2D eigenvalue weighted by molar-refractivity contribution is 5.94. The minimum atomic E-state index is 0.0177. The van der Waals surface area contributed by atoms with E-state index >= 15 is 0 Å². The van der Waals surface area contributed by atoms with Gasteiger partial charge in [0.2, 0.25) is 0 Å². The molecule has 98 valence electrons. The number of carbonyl (C=O) groups excluding carboxylic acids is 1. The summed E-state index contributed by atoms with van der Waals surface area (Å²) in [4.78, 5) is 13.4. The van der Waals surface area contributed by atoms with Crippen molar-refractivity contribution in [3.63, 3.8) is 0 Å². The average Bonchev–Trinajstić information content (AvgIpc) is 2.39. The first-order valence-corrected chi connectivity index (χ1v) is 6.65. The average molecular weight is 247 g/mol. The molecule has 1 amide bonds. The van der Waals surface area contributed by atoms with E-state index in [0.29, 0.717) is 11.7 Å². The second-order valence-electron chi connectivity index (χ2n) is 5.11. The summed E-state index contributed by atoms with van der Waals surface area (Å²) in [5, 5.41) is 0. The Kier molecular flexibility index (Phi) is 4.24. The highest BCUT2D eigenvalue weighted by Crippen LogP contribution is 2.24. The van der Waals surface area contributed by atoms with Gasteiger partial charge in [-0.25, -0.2) is 0 Å². The lowest BCUT2D eigenvalue weighted by molar-refractivity contribution is 0.0826. The molecule has 0 atom stereocenters. The van der Waals surface area contributed by atoms with Crippen LogP contribution in [0.5, 0.6) is 5.75 Å². The number of benzene rings is 1. The minimum Gasteiger partial charge on any atom is -0.490 e. The predicted molar refractivity (Wildman–Crippen MR) is 72.0 cm³/mol. The first-order valence-electron chi connectivity index (χ1n) is 6.65. The molecular formula is C15H21NO2. The molecule has 1 aliphatic rings. The second-order valence-corrected chi connectivity index (χ2v) is 5.11. The smallest absolute Gasteiger partial charge is 0.253 e. The van der Waals surface area contributed by atoms with Crippen molar-refractivity contribution in [3.05, 3.63) is 29.8 Å². The minimum absolute atomic E-state index is 0.0177. The fourth-order valence-electron chi connectivity index (χ4n) is 2.34. The largest absolute Gasteiger partial charge is 0.490 e. The Balaban J connectivity index is 2.04. The van der Waals surface area contributed by atoms with E-state index in [0.717, 1.165) is 18.6 Å². The normalized spacial score (nSPS) is 16.3. The summed E-state index contributed by atoms with van der Waals surface area (Å²) < 4.78 is 5.96. The van der Waals surface area contributed by atoms with Crippen LogP contribution in [0.2, 0.25) is 0 Å². The molecule has 1 aliphatic carbocycles. The van der Waals surface area contributed by atoms with Crippen LogP contribution < -0.4 is 4.74 Å². The second kappa shape index (κ2) is 5.89. The number of ether oxygens (including phenoxy) is 1. The summed E-state index contributed by atoms with van der Waals surface area (Å²) >= 11 is 0. The number of carbonyl (C=O) groups is 1. The zero-order chi connectivity index (χ0) is 13.0. The van der Waals surface area contributed by atoms with Crippen molar-refractivity contribution in [1.29, 1.82) is 0 Å². The van der Waals surface area contributed by atoms with E-state index in [-0.39, 0.29) is 5.91 Å². The number of amides is 1. The molecule has 0 aliphatic heterocycles. The fraction of sp³-hybridized carbons (Fsp3) is 0.533. The van der Waals surface area contributed by atoms with Crippen LogP contribution in [-0.2, 0) is 0 Å². The lowest BCUT2D eigenvalue weighted by Crippen LogP contribution is -2.22. The van der Waals surface area contributed by atoms with Gasteiger partial charge < -0.3 is 9.64 Å². The molecule has 0 saturated heterocycles. The fourth-order valence-corrected chi connectivity index (χ4v) is 2.34. The molecule has 0 aromatic heterocycles. The van der Waals surface area contributed by atoms with Crippen molar-refractivity contribution in [2.75, 3.05) is 14.1 Å². The van der Waals surface area contributed by atoms with Gasteiger partial charge in [0.05, 0.1) is 6.10 Å². The van der Waals surface area contributed by atoms with E-state index < -0.39 is 0 Å². The molecule has 0 heterocycles. The molecule has 1 aromatic carbocycles. The first kappa shape index (κ1) is 12.9. The molecule has 3 heteroatoms. The van der Waals surface area contributed by atoms with Crippen LogP contribution in [0.25, 0.3) is 0 Å². The zero-order valence-corrected chi connectivity index (χ0v) is 11.2. The Morgan fingerprint density at radius 3 is 2.61 bits per heavy atom. The van der Waals surface area contributed by atoms with Gasteiger partial charge in [-0.3, -0.25) is 4.79 Å². The maximum Gasteiger partial charge on any atom is 0.253 e. The third-order valence-electron chi connectivity index (χ3n) is 3.34. The van der Waals surface area contributed by atoms with Crippen LogP contribution >= 0.6 is 0 Å². The third kappa shape index (κ3) is 3.25. The molecule has 0 spiro atoms. The molecule has 18 heavy (non-hydrogen) atoms. The molecule has 1 saturated carbocycles. The summed E-state index contributed by atoms with van der Waals surface area (Å²) in [6.07, 6.45) is 6.40. The van der Waals surface area contributed by atoms with E-state index in [1.807, 2.05) is 24.3 Å². The maximum absolute atomic E-state index is 11.9. The zero-order valence-electron chi connectivity index (χ0n) is 11.2. The summed E-state index contributed by atoms with van der Waals surface area (Å²) in [6, 6.07) is 7.49. The quantitative estimate of drug-likeness (QED) is 0.821. The molecule has 2 rings (SSSR count). The highest BCUT2D eigenvalue weighted by Gasteiger charge is 2.15. The van der Waals surface area contributed by atoms with E-state index in [4.69, 9.17) is 4.74 Å². The Labute approximate surface area is 109 Å². The Morgan fingerprint density at radius 1 is 1.22 bits per heavy atom. The lowest BCUT2D eigenvalue weighted by Gasteiger charge is -2.23. The van der Waals surface area contributed by atoms with Gasteiger partial charge in [-0.1, -0.05) is 12.5 Å². The number of nitrogens with zero attached hydrogens (tertiary/aromatic N) is 1. The third-order valence-corrected chi connectivity index (χ3v) is 3.34. The lowest BCUT2D eigenvalue weighted by atomic mass is 9.98. The summed E-state index contributed by atoms with van der Waals surface area (Å²) in [7, 11) is 3.52. The van der Waals surface area contributed by atoms with Gasteiger partial charge in [-0.15, -0.1) is 0 Å². The Morgan fingerprint density at radius 2 is 1.94 bits per heavy atom. The Hall–Kier alpha value is -1.51. The van der Waals surface area contributed by atoms with E-state index in [1.165, 1.54) is 19.3 Å². The predicted octanol–water partition coefficient (Wildman–Crippen LogP) is 3.10. The topological polar surface area (TPSA) is 29.5 Å². The van der Waals surface area contributed by atoms with Gasteiger partial charge in [0, 0.05) is 19.7 Å². The van der Waals surface area contributed by atoms with Crippen molar-refractivity contribution >= 4 is 5.91 Å². The number of hydrogen-bond donors (Lipinski definition) is 0. The van der Waals surface area contributed by atoms with Crippen molar-refractivity contribution in [3.8, 4) is 5.75 Å². The molecular weight excluding hydrogens is 226 g/mol.